The molecule has 126 valence electrons. The van der Waals surface area contributed by atoms with Gasteiger partial charge >= 0.3 is 0 Å². The van der Waals surface area contributed by atoms with Crippen LogP contribution < -0.4 is 0 Å². The lowest BCUT2D eigenvalue weighted by Gasteiger charge is -2.35. The second-order valence-electron chi connectivity index (χ2n) is 7.14. The lowest BCUT2D eigenvalue weighted by molar-refractivity contribution is 0.121. The van der Waals surface area contributed by atoms with Crippen LogP contribution in [0.5, 0.6) is 5.75 Å². The molecule has 2 aromatic carbocycles. The van der Waals surface area contributed by atoms with Gasteiger partial charge in [0.15, 0.2) is 0 Å². The molecule has 0 aromatic heterocycles. The molecule has 4 rings (SSSR count). The molecular weight excluding hydrogens is 296 g/mol. The summed E-state index contributed by atoms with van der Waals surface area (Å²) in [5.74, 6) is 0.488. The van der Waals surface area contributed by atoms with Gasteiger partial charge in [-0.05, 0) is 42.0 Å². The van der Waals surface area contributed by atoms with Gasteiger partial charge in [0, 0.05) is 44.8 Å². The summed E-state index contributed by atoms with van der Waals surface area (Å²) in [6.45, 7) is 6.25. The molecule has 0 radical (unpaired) electrons. The van der Waals surface area contributed by atoms with Crippen molar-refractivity contribution in [2.75, 3.05) is 26.2 Å². The van der Waals surface area contributed by atoms with Crippen LogP contribution in [0.15, 0.2) is 42.5 Å². The average Bonchev–Trinajstić information content (AvgIpc) is 3.05. The third-order valence-electron chi connectivity index (χ3n) is 5.40. The molecule has 2 aliphatic rings. The number of piperazine rings is 1. The molecule has 1 aliphatic carbocycles. The minimum absolute atomic E-state index is 0.488. The SMILES string of the molecule is Oc1cc2c(cc1CN1CCN(Cc3ccccc3)CC1)CCC2. The minimum atomic E-state index is 0.488. The van der Waals surface area contributed by atoms with Gasteiger partial charge < -0.3 is 5.11 Å². The number of benzene rings is 2. The van der Waals surface area contributed by atoms with Gasteiger partial charge in [0.05, 0.1) is 0 Å². The molecule has 1 saturated heterocycles. The monoisotopic (exact) mass is 322 g/mol. The normalized spacial score (nSPS) is 18.7. The number of aryl methyl sites for hydroxylation is 2. The number of rotatable bonds is 4. The number of phenols is 1. The molecule has 3 nitrogen and oxygen atoms in total. The van der Waals surface area contributed by atoms with E-state index >= 15 is 0 Å². The zero-order chi connectivity index (χ0) is 16.4. The van der Waals surface area contributed by atoms with Crippen molar-refractivity contribution in [2.24, 2.45) is 0 Å². The highest BCUT2D eigenvalue weighted by molar-refractivity contribution is 5.44. The molecule has 0 saturated carbocycles. The van der Waals surface area contributed by atoms with Gasteiger partial charge in [-0.3, -0.25) is 9.80 Å². The van der Waals surface area contributed by atoms with E-state index in [0.717, 1.165) is 51.3 Å². The summed E-state index contributed by atoms with van der Waals surface area (Å²) in [7, 11) is 0. The fraction of sp³-hybridized carbons (Fsp3) is 0.429. The van der Waals surface area contributed by atoms with Crippen LogP contribution in [0.25, 0.3) is 0 Å². The van der Waals surface area contributed by atoms with Gasteiger partial charge in [-0.1, -0.05) is 36.4 Å². The molecular formula is C21H26N2O. The molecule has 3 heteroatoms. The molecule has 1 N–H and O–H groups in total. The van der Waals surface area contributed by atoms with E-state index in [-0.39, 0.29) is 0 Å². The largest absolute Gasteiger partial charge is 0.508 e. The van der Waals surface area contributed by atoms with Crippen LogP contribution in [0, 0.1) is 0 Å². The molecule has 1 fully saturated rings. The van der Waals surface area contributed by atoms with Crippen LogP contribution in [0.2, 0.25) is 0 Å². The highest BCUT2D eigenvalue weighted by atomic mass is 16.3. The first-order valence-electron chi connectivity index (χ1n) is 9.10. The molecule has 0 unspecified atom stereocenters. The third kappa shape index (κ3) is 3.47. The molecule has 1 aliphatic heterocycles. The Morgan fingerprint density at radius 2 is 1.42 bits per heavy atom. The Labute approximate surface area is 144 Å². The van der Waals surface area contributed by atoms with Crippen molar-refractivity contribution in [1.29, 1.82) is 0 Å². The van der Waals surface area contributed by atoms with E-state index in [1.807, 2.05) is 6.07 Å². The highest BCUT2D eigenvalue weighted by Gasteiger charge is 2.20. The van der Waals surface area contributed by atoms with Crippen molar-refractivity contribution in [3.05, 3.63) is 64.7 Å². The topological polar surface area (TPSA) is 26.7 Å². The average molecular weight is 322 g/mol. The first-order chi connectivity index (χ1) is 11.8. The Hall–Kier alpha value is -1.84. The van der Waals surface area contributed by atoms with Crippen molar-refractivity contribution < 1.29 is 5.11 Å². The Morgan fingerprint density at radius 1 is 0.792 bits per heavy atom. The number of fused-ring (bicyclic) bond motifs is 1. The second kappa shape index (κ2) is 6.96. The van der Waals surface area contributed by atoms with E-state index in [2.05, 4.69) is 46.2 Å². The summed E-state index contributed by atoms with van der Waals surface area (Å²) >= 11 is 0. The summed E-state index contributed by atoms with van der Waals surface area (Å²) in [5.41, 5.74) is 5.30. The molecule has 0 bridgehead atoms. The first-order valence-corrected chi connectivity index (χ1v) is 9.10. The second-order valence-corrected chi connectivity index (χ2v) is 7.14. The smallest absolute Gasteiger partial charge is 0.120 e. The quantitative estimate of drug-likeness (QED) is 0.936. The van der Waals surface area contributed by atoms with Crippen molar-refractivity contribution in [3.63, 3.8) is 0 Å². The minimum Gasteiger partial charge on any atom is -0.508 e. The summed E-state index contributed by atoms with van der Waals surface area (Å²) < 4.78 is 0. The predicted molar refractivity (Wildman–Crippen MR) is 97.1 cm³/mol. The van der Waals surface area contributed by atoms with Gasteiger partial charge in [0.1, 0.15) is 5.75 Å². The van der Waals surface area contributed by atoms with Crippen LogP contribution >= 0.6 is 0 Å². The Balaban J connectivity index is 1.33. The Morgan fingerprint density at radius 3 is 2.12 bits per heavy atom. The fourth-order valence-electron chi connectivity index (χ4n) is 3.98. The Kier molecular flexibility index (Phi) is 4.54. The highest BCUT2D eigenvalue weighted by Crippen LogP contribution is 2.30. The predicted octanol–water partition coefficient (Wildman–Crippen LogP) is 3.20. The zero-order valence-electron chi connectivity index (χ0n) is 14.2. The van der Waals surface area contributed by atoms with Gasteiger partial charge in [0.2, 0.25) is 0 Å². The van der Waals surface area contributed by atoms with Crippen molar-refractivity contribution in [3.8, 4) is 5.75 Å². The molecule has 0 amide bonds. The molecule has 2 aromatic rings. The lowest BCUT2D eigenvalue weighted by Crippen LogP contribution is -2.45. The number of aromatic hydroxyl groups is 1. The van der Waals surface area contributed by atoms with Crippen molar-refractivity contribution >= 4 is 0 Å². The molecule has 1 heterocycles. The van der Waals surface area contributed by atoms with Crippen LogP contribution in [-0.2, 0) is 25.9 Å². The van der Waals surface area contributed by atoms with Crippen LogP contribution in [0.3, 0.4) is 0 Å². The number of nitrogens with zero attached hydrogens (tertiary/aromatic N) is 2. The third-order valence-corrected chi connectivity index (χ3v) is 5.40. The maximum absolute atomic E-state index is 10.3. The van der Waals surface area contributed by atoms with Crippen LogP contribution in [0.4, 0.5) is 0 Å². The fourth-order valence-corrected chi connectivity index (χ4v) is 3.98. The van der Waals surface area contributed by atoms with E-state index in [1.54, 1.807) is 0 Å². The van der Waals surface area contributed by atoms with Gasteiger partial charge in [0.25, 0.3) is 0 Å². The van der Waals surface area contributed by atoms with Crippen molar-refractivity contribution in [1.82, 2.24) is 9.80 Å². The van der Waals surface area contributed by atoms with E-state index in [1.165, 1.54) is 29.5 Å². The van der Waals surface area contributed by atoms with Gasteiger partial charge in [-0.15, -0.1) is 0 Å². The number of hydrogen-bond donors (Lipinski definition) is 1. The van der Waals surface area contributed by atoms with Crippen LogP contribution in [0.1, 0.15) is 28.7 Å². The number of hydrogen-bond acceptors (Lipinski definition) is 3. The molecule has 0 atom stereocenters. The van der Waals surface area contributed by atoms with E-state index in [0.29, 0.717) is 5.75 Å². The van der Waals surface area contributed by atoms with Gasteiger partial charge in [-0.25, -0.2) is 0 Å². The first kappa shape index (κ1) is 15.7. The maximum atomic E-state index is 10.3. The van der Waals surface area contributed by atoms with Crippen LogP contribution in [-0.4, -0.2) is 41.1 Å². The van der Waals surface area contributed by atoms with Crippen molar-refractivity contribution in [2.45, 2.75) is 32.4 Å². The summed E-state index contributed by atoms with van der Waals surface area (Å²) in [6, 6.07) is 15.0. The standard InChI is InChI=1S/C21H26N2O/c24-21-14-19-8-4-7-18(19)13-20(21)16-23-11-9-22(10-12-23)15-17-5-2-1-3-6-17/h1-3,5-6,13-14,24H,4,7-12,15-16H2. The number of phenolic OH excluding ortho intramolecular Hbond substituents is 1. The summed E-state index contributed by atoms with van der Waals surface area (Å²) in [6.07, 6.45) is 3.53. The summed E-state index contributed by atoms with van der Waals surface area (Å²) in [4.78, 5) is 4.99. The molecule has 24 heavy (non-hydrogen) atoms. The molecule has 0 spiro atoms. The zero-order valence-corrected chi connectivity index (χ0v) is 14.2. The van der Waals surface area contributed by atoms with E-state index < -0.39 is 0 Å². The van der Waals surface area contributed by atoms with Gasteiger partial charge in [-0.2, -0.15) is 0 Å². The van der Waals surface area contributed by atoms with E-state index in [9.17, 15) is 5.11 Å². The van der Waals surface area contributed by atoms with E-state index in [4.69, 9.17) is 0 Å². The maximum Gasteiger partial charge on any atom is 0.120 e. The Bertz CT molecular complexity index is 690. The lowest BCUT2D eigenvalue weighted by atomic mass is 10.0. The summed E-state index contributed by atoms with van der Waals surface area (Å²) in [5, 5.41) is 10.3.